The van der Waals surface area contributed by atoms with Crippen LogP contribution in [-0.4, -0.2) is 42.1 Å². The van der Waals surface area contributed by atoms with Crippen LogP contribution in [0.4, 0.5) is 5.69 Å². The number of carbonyl (C=O) groups is 1. The Bertz CT molecular complexity index is 1040. The van der Waals surface area contributed by atoms with Gasteiger partial charge in [-0.1, -0.05) is 87.1 Å². The van der Waals surface area contributed by atoms with Gasteiger partial charge in [-0.3, -0.25) is 4.79 Å². The predicted molar refractivity (Wildman–Crippen MR) is 136 cm³/mol. The number of halogens is 4. The Kier molecular flexibility index (Phi) is 9.26. The Balaban J connectivity index is 0.000000352. The van der Waals surface area contributed by atoms with Gasteiger partial charge in [0.2, 0.25) is 0 Å². The van der Waals surface area contributed by atoms with Crippen molar-refractivity contribution in [2.24, 2.45) is 0 Å². The molecule has 4 nitrogen and oxygen atoms in total. The van der Waals surface area contributed by atoms with Crippen molar-refractivity contribution in [2.75, 3.05) is 31.1 Å². The molecule has 1 fully saturated rings. The number of aliphatic hydroxyl groups is 1. The van der Waals surface area contributed by atoms with Gasteiger partial charge >= 0.3 is 0 Å². The number of hydrogen-bond donors (Lipinski definition) is 1. The zero-order valence-corrected chi connectivity index (χ0v) is 20.9. The van der Waals surface area contributed by atoms with E-state index in [-0.39, 0.29) is 5.91 Å². The summed E-state index contributed by atoms with van der Waals surface area (Å²) in [7, 11) is 0. The topological polar surface area (TPSA) is 43.8 Å². The highest BCUT2D eigenvalue weighted by Gasteiger charge is 2.28. The molecule has 0 saturated carbocycles. The molecule has 0 radical (unpaired) electrons. The normalized spacial score (nSPS) is 14.4. The number of piperazine rings is 1. The SMILES string of the molecule is Clc1ccccc1.O=C(C(O)c1ccccc1Br)N1CCN(c2ccc(Cl)cc2Cl)CC1. The minimum Gasteiger partial charge on any atom is -0.378 e. The highest BCUT2D eigenvalue weighted by Crippen LogP contribution is 2.30. The Hall–Kier alpha value is -1.76. The fourth-order valence-electron chi connectivity index (χ4n) is 3.32. The maximum absolute atomic E-state index is 12.6. The molecule has 168 valence electrons. The lowest BCUT2D eigenvalue weighted by atomic mass is 10.1. The molecule has 1 N–H and O–H groups in total. The van der Waals surface area contributed by atoms with Crippen molar-refractivity contribution in [3.05, 3.63) is 97.9 Å². The summed E-state index contributed by atoms with van der Waals surface area (Å²) in [5, 5.41) is 12.4. The molecule has 3 aromatic rings. The summed E-state index contributed by atoms with van der Waals surface area (Å²) in [5.74, 6) is -0.284. The molecule has 4 rings (SSSR count). The molecule has 0 bridgehead atoms. The molecule has 0 aliphatic carbocycles. The van der Waals surface area contributed by atoms with Crippen molar-refractivity contribution in [1.82, 2.24) is 4.90 Å². The number of nitrogens with zero attached hydrogens (tertiary/aromatic N) is 2. The van der Waals surface area contributed by atoms with Gasteiger partial charge < -0.3 is 14.9 Å². The summed E-state index contributed by atoms with van der Waals surface area (Å²) in [6.07, 6.45) is -1.17. The summed E-state index contributed by atoms with van der Waals surface area (Å²) in [6, 6.07) is 22.1. The average Bonchev–Trinajstić information content (AvgIpc) is 2.80. The Morgan fingerprint density at radius 3 is 2.03 bits per heavy atom. The molecule has 8 heteroatoms. The number of rotatable bonds is 3. The minimum atomic E-state index is -1.17. The number of benzene rings is 3. The molecule has 1 heterocycles. The van der Waals surface area contributed by atoms with Crippen molar-refractivity contribution < 1.29 is 9.90 Å². The first-order chi connectivity index (χ1) is 15.4. The van der Waals surface area contributed by atoms with Crippen LogP contribution in [0.5, 0.6) is 0 Å². The van der Waals surface area contributed by atoms with E-state index in [1.165, 1.54) is 0 Å². The molecule has 1 atom stereocenters. The molecule has 1 aliphatic rings. The van der Waals surface area contributed by atoms with Crippen LogP contribution < -0.4 is 4.90 Å². The minimum absolute atomic E-state index is 0.284. The lowest BCUT2D eigenvalue weighted by molar-refractivity contribution is -0.140. The quantitative estimate of drug-likeness (QED) is 0.402. The van der Waals surface area contributed by atoms with Crippen LogP contribution in [0.25, 0.3) is 0 Å². The summed E-state index contributed by atoms with van der Waals surface area (Å²) >= 11 is 21.1. The van der Waals surface area contributed by atoms with Crippen LogP contribution in [0.2, 0.25) is 15.1 Å². The highest BCUT2D eigenvalue weighted by molar-refractivity contribution is 9.10. The van der Waals surface area contributed by atoms with Crippen molar-refractivity contribution in [3.8, 4) is 0 Å². The zero-order valence-electron chi connectivity index (χ0n) is 17.1. The number of anilines is 1. The number of amides is 1. The van der Waals surface area contributed by atoms with Crippen LogP contribution >= 0.6 is 50.7 Å². The largest absolute Gasteiger partial charge is 0.378 e. The maximum atomic E-state index is 12.6. The van der Waals surface area contributed by atoms with Crippen molar-refractivity contribution >= 4 is 62.3 Å². The summed E-state index contributed by atoms with van der Waals surface area (Å²) in [5.41, 5.74) is 1.49. The first-order valence-electron chi connectivity index (χ1n) is 9.98. The van der Waals surface area contributed by atoms with E-state index in [1.54, 1.807) is 29.2 Å². The van der Waals surface area contributed by atoms with Gasteiger partial charge in [0.25, 0.3) is 5.91 Å². The first kappa shape index (κ1) is 24.9. The van der Waals surface area contributed by atoms with Crippen LogP contribution in [0.1, 0.15) is 11.7 Å². The number of hydrogen-bond acceptors (Lipinski definition) is 3. The van der Waals surface area contributed by atoms with Crippen LogP contribution in [0, 0.1) is 0 Å². The molecule has 3 aromatic carbocycles. The molecule has 32 heavy (non-hydrogen) atoms. The van der Waals surface area contributed by atoms with Gasteiger partial charge in [-0.2, -0.15) is 0 Å². The standard InChI is InChI=1S/C18H17BrCl2N2O2.C6H5Cl/c19-14-4-2-1-3-13(14)17(24)18(25)23-9-7-22(8-10-23)16-6-5-12(20)11-15(16)21;7-6-4-2-1-3-5-6/h1-6,11,17,24H,7-10H2;1-5H. The highest BCUT2D eigenvalue weighted by atomic mass is 79.9. The second-order valence-corrected chi connectivity index (χ2v) is 9.26. The number of aliphatic hydroxyl groups excluding tert-OH is 1. The maximum Gasteiger partial charge on any atom is 0.256 e. The van der Waals surface area contributed by atoms with Gasteiger partial charge in [0, 0.05) is 46.3 Å². The van der Waals surface area contributed by atoms with Gasteiger partial charge in [0.15, 0.2) is 6.10 Å². The summed E-state index contributed by atoms with van der Waals surface area (Å²) < 4.78 is 0.724. The third kappa shape index (κ3) is 6.63. The second kappa shape index (κ2) is 11.9. The average molecular weight is 557 g/mol. The fraction of sp³-hybridized carbons (Fsp3) is 0.208. The lowest BCUT2D eigenvalue weighted by Crippen LogP contribution is -2.50. The van der Waals surface area contributed by atoms with Crippen molar-refractivity contribution in [2.45, 2.75) is 6.10 Å². The van der Waals surface area contributed by atoms with E-state index < -0.39 is 6.10 Å². The van der Waals surface area contributed by atoms with Crippen molar-refractivity contribution in [3.63, 3.8) is 0 Å². The van der Waals surface area contributed by atoms with E-state index in [9.17, 15) is 9.90 Å². The first-order valence-corrected chi connectivity index (χ1v) is 11.9. The molecule has 1 saturated heterocycles. The van der Waals surface area contributed by atoms with E-state index in [0.29, 0.717) is 41.8 Å². The van der Waals surface area contributed by atoms with E-state index in [4.69, 9.17) is 34.8 Å². The molecular formula is C24H22BrCl3N2O2. The second-order valence-electron chi connectivity index (χ2n) is 7.13. The molecule has 1 amide bonds. The Labute approximate surface area is 211 Å². The van der Waals surface area contributed by atoms with Gasteiger partial charge in [-0.15, -0.1) is 0 Å². The lowest BCUT2D eigenvalue weighted by Gasteiger charge is -2.37. The summed E-state index contributed by atoms with van der Waals surface area (Å²) in [6.45, 7) is 2.35. The molecule has 0 aromatic heterocycles. The zero-order chi connectivity index (χ0) is 23.1. The van der Waals surface area contributed by atoms with Gasteiger partial charge in [0.1, 0.15) is 0 Å². The smallest absolute Gasteiger partial charge is 0.256 e. The fourth-order valence-corrected chi connectivity index (χ4v) is 4.50. The Morgan fingerprint density at radius 2 is 1.47 bits per heavy atom. The Morgan fingerprint density at radius 1 is 0.844 bits per heavy atom. The molecule has 1 aliphatic heterocycles. The van der Waals surface area contributed by atoms with Gasteiger partial charge in [-0.25, -0.2) is 0 Å². The van der Waals surface area contributed by atoms with Crippen LogP contribution in [-0.2, 0) is 4.79 Å². The van der Waals surface area contributed by atoms with E-state index in [1.807, 2.05) is 48.5 Å². The molecule has 1 unspecified atom stereocenters. The third-order valence-corrected chi connectivity index (χ3v) is 6.52. The molecular weight excluding hydrogens is 535 g/mol. The summed E-state index contributed by atoms with van der Waals surface area (Å²) in [4.78, 5) is 16.4. The monoisotopic (exact) mass is 554 g/mol. The van der Waals surface area contributed by atoms with Gasteiger partial charge in [-0.05, 0) is 36.4 Å². The number of carbonyl (C=O) groups excluding carboxylic acids is 1. The van der Waals surface area contributed by atoms with Crippen molar-refractivity contribution in [1.29, 1.82) is 0 Å². The van der Waals surface area contributed by atoms with Crippen LogP contribution in [0.3, 0.4) is 0 Å². The van der Waals surface area contributed by atoms with Crippen LogP contribution in [0.15, 0.2) is 77.3 Å². The third-order valence-electron chi connectivity index (χ3n) is 5.01. The molecule has 0 spiro atoms. The van der Waals surface area contributed by atoms with E-state index in [0.717, 1.165) is 15.2 Å². The van der Waals surface area contributed by atoms with Gasteiger partial charge in [0.05, 0.1) is 10.7 Å². The van der Waals surface area contributed by atoms with E-state index in [2.05, 4.69) is 20.8 Å². The predicted octanol–water partition coefficient (Wildman–Crippen LogP) is 6.48. The van der Waals surface area contributed by atoms with E-state index >= 15 is 0 Å².